The molecule has 0 saturated carbocycles. The van der Waals surface area contributed by atoms with Gasteiger partial charge in [-0.3, -0.25) is 0 Å². The van der Waals surface area contributed by atoms with Crippen LogP contribution in [0.5, 0.6) is 0 Å². The lowest BCUT2D eigenvalue weighted by Crippen LogP contribution is -1.93. The Bertz CT molecular complexity index is 245. The minimum absolute atomic E-state index is 0.0306. The van der Waals surface area contributed by atoms with E-state index < -0.39 is 6.17 Å². The first kappa shape index (κ1) is 8.68. The molecule has 1 unspecified atom stereocenters. The molecule has 5 heteroatoms. The molecule has 0 amide bonds. The summed E-state index contributed by atoms with van der Waals surface area (Å²) in [5.74, 6) is 0. The monoisotopic (exact) mass is 194 g/mol. The fourth-order valence-corrected chi connectivity index (χ4v) is 1.03. The van der Waals surface area contributed by atoms with Crippen LogP contribution in [0.3, 0.4) is 0 Å². The SMILES string of the molecule is CC(F)c1cc(Cl)nc(Cl)n1. The Balaban J connectivity index is 3.08. The lowest BCUT2D eigenvalue weighted by atomic mass is 10.3. The van der Waals surface area contributed by atoms with Crippen molar-refractivity contribution in [3.63, 3.8) is 0 Å². The van der Waals surface area contributed by atoms with Gasteiger partial charge in [-0.25, -0.2) is 14.4 Å². The first-order chi connectivity index (χ1) is 5.09. The second-order valence-corrected chi connectivity index (χ2v) is 2.73. The Morgan fingerprint density at radius 3 is 2.55 bits per heavy atom. The van der Waals surface area contributed by atoms with Crippen molar-refractivity contribution in [2.75, 3.05) is 0 Å². The van der Waals surface area contributed by atoms with Gasteiger partial charge in [-0.15, -0.1) is 0 Å². The van der Waals surface area contributed by atoms with E-state index in [1.165, 1.54) is 13.0 Å². The molecule has 0 saturated heterocycles. The summed E-state index contributed by atoms with van der Waals surface area (Å²) < 4.78 is 12.6. The van der Waals surface area contributed by atoms with E-state index in [4.69, 9.17) is 23.2 Å². The van der Waals surface area contributed by atoms with E-state index in [1.807, 2.05) is 0 Å². The van der Waals surface area contributed by atoms with Crippen LogP contribution in [0, 0.1) is 0 Å². The van der Waals surface area contributed by atoms with E-state index in [9.17, 15) is 4.39 Å². The van der Waals surface area contributed by atoms with Crippen LogP contribution in [0.1, 0.15) is 18.8 Å². The van der Waals surface area contributed by atoms with E-state index in [0.717, 1.165) is 0 Å². The maximum atomic E-state index is 12.6. The Morgan fingerprint density at radius 1 is 1.45 bits per heavy atom. The number of hydrogen-bond acceptors (Lipinski definition) is 2. The van der Waals surface area contributed by atoms with Gasteiger partial charge >= 0.3 is 0 Å². The first-order valence-electron chi connectivity index (χ1n) is 2.93. The largest absolute Gasteiger partial charge is 0.241 e. The molecule has 0 bridgehead atoms. The molecule has 1 aromatic rings. The molecular weight excluding hydrogens is 190 g/mol. The normalized spacial score (nSPS) is 13.1. The van der Waals surface area contributed by atoms with E-state index in [1.54, 1.807) is 0 Å². The highest BCUT2D eigenvalue weighted by Crippen LogP contribution is 2.18. The van der Waals surface area contributed by atoms with Crippen molar-refractivity contribution in [1.29, 1.82) is 0 Å². The van der Waals surface area contributed by atoms with E-state index in [-0.39, 0.29) is 16.1 Å². The minimum atomic E-state index is -1.17. The molecule has 0 aliphatic carbocycles. The van der Waals surface area contributed by atoms with E-state index >= 15 is 0 Å². The number of alkyl halides is 1. The standard InChI is InChI=1S/C6H5Cl2FN2/c1-3(9)4-2-5(7)11-6(8)10-4/h2-3H,1H3. The van der Waals surface area contributed by atoms with Crippen molar-refractivity contribution in [3.8, 4) is 0 Å². The van der Waals surface area contributed by atoms with E-state index in [2.05, 4.69) is 9.97 Å². The van der Waals surface area contributed by atoms with Crippen LogP contribution in [0.15, 0.2) is 6.07 Å². The molecule has 0 N–H and O–H groups in total. The van der Waals surface area contributed by atoms with Gasteiger partial charge < -0.3 is 0 Å². The molecule has 1 heterocycles. The van der Waals surface area contributed by atoms with Crippen molar-refractivity contribution in [3.05, 3.63) is 22.2 Å². The molecule has 11 heavy (non-hydrogen) atoms. The molecule has 0 fully saturated rings. The highest BCUT2D eigenvalue weighted by Gasteiger charge is 2.07. The minimum Gasteiger partial charge on any atom is -0.241 e. The molecule has 0 radical (unpaired) electrons. The van der Waals surface area contributed by atoms with Crippen LogP contribution >= 0.6 is 23.2 Å². The van der Waals surface area contributed by atoms with Crippen LogP contribution in [-0.2, 0) is 0 Å². The van der Waals surface area contributed by atoms with Gasteiger partial charge in [0.1, 0.15) is 11.3 Å². The summed E-state index contributed by atoms with van der Waals surface area (Å²) >= 11 is 10.9. The van der Waals surface area contributed by atoms with Gasteiger partial charge in [0.25, 0.3) is 0 Å². The van der Waals surface area contributed by atoms with Crippen LogP contribution < -0.4 is 0 Å². The number of rotatable bonds is 1. The highest BCUT2D eigenvalue weighted by atomic mass is 35.5. The quantitative estimate of drug-likeness (QED) is 0.508. The molecule has 1 atom stereocenters. The smallest absolute Gasteiger partial charge is 0.224 e. The Kier molecular flexibility index (Phi) is 2.62. The third kappa shape index (κ3) is 2.27. The van der Waals surface area contributed by atoms with Crippen molar-refractivity contribution in [2.24, 2.45) is 0 Å². The third-order valence-corrected chi connectivity index (χ3v) is 1.46. The highest BCUT2D eigenvalue weighted by molar-refractivity contribution is 6.31. The average molecular weight is 195 g/mol. The van der Waals surface area contributed by atoms with Gasteiger partial charge in [-0.1, -0.05) is 11.6 Å². The van der Waals surface area contributed by atoms with Crippen LogP contribution in [-0.4, -0.2) is 9.97 Å². The molecule has 2 nitrogen and oxygen atoms in total. The number of hydrogen-bond donors (Lipinski definition) is 0. The van der Waals surface area contributed by atoms with E-state index in [0.29, 0.717) is 0 Å². The molecular formula is C6H5Cl2FN2. The van der Waals surface area contributed by atoms with Crippen molar-refractivity contribution >= 4 is 23.2 Å². The molecule has 0 aliphatic heterocycles. The van der Waals surface area contributed by atoms with Gasteiger partial charge in [0, 0.05) is 6.07 Å². The van der Waals surface area contributed by atoms with Gasteiger partial charge in [0.15, 0.2) is 0 Å². The summed E-state index contributed by atoms with van der Waals surface area (Å²) in [7, 11) is 0. The van der Waals surface area contributed by atoms with Crippen LogP contribution in [0.2, 0.25) is 10.4 Å². The molecule has 0 spiro atoms. The maximum Gasteiger partial charge on any atom is 0.224 e. The summed E-state index contributed by atoms with van der Waals surface area (Å²) in [5.41, 5.74) is 0.204. The number of nitrogens with zero attached hydrogens (tertiary/aromatic N) is 2. The molecule has 60 valence electrons. The topological polar surface area (TPSA) is 25.8 Å². The maximum absolute atomic E-state index is 12.6. The first-order valence-corrected chi connectivity index (χ1v) is 3.69. The van der Waals surface area contributed by atoms with Crippen molar-refractivity contribution in [1.82, 2.24) is 9.97 Å². The number of halogens is 3. The summed E-state index contributed by atoms with van der Waals surface area (Å²) in [4.78, 5) is 7.20. The fourth-order valence-electron chi connectivity index (χ4n) is 0.610. The second kappa shape index (κ2) is 3.32. The molecule has 1 rings (SSSR count). The Hall–Kier alpha value is -0.410. The van der Waals surface area contributed by atoms with Crippen LogP contribution in [0.25, 0.3) is 0 Å². The third-order valence-electron chi connectivity index (χ3n) is 1.09. The van der Waals surface area contributed by atoms with Gasteiger partial charge in [-0.2, -0.15) is 0 Å². The summed E-state index contributed by atoms with van der Waals surface area (Å²) in [6.07, 6.45) is -1.17. The van der Waals surface area contributed by atoms with Gasteiger partial charge in [0.05, 0.1) is 5.69 Å². The molecule has 1 aromatic heterocycles. The second-order valence-electron chi connectivity index (χ2n) is 2.00. The predicted octanol–water partition coefficient (Wildman–Crippen LogP) is 2.81. The summed E-state index contributed by atoms with van der Waals surface area (Å²) in [5, 5.41) is 0.126. The zero-order valence-electron chi connectivity index (χ0n) is 5.68. The Labute approximate surface area is 73.4 Å². The Morgan fingerprint density at radius 2 is 2.09 bits per heavy atom. The zero-order valence-corrected chi connectivity index (χ0v) is 7.19. The summed E-state index contributed by atoms with van der Waals surface area (Å²) in [6.45, 7) is 1.36. The van der Waals surface area contributed by atoms with Crippen molar-refractivity contribution < 1.29 is 4.39 Å². The summed E-state index contributed by atoms with van der Waals surface area (Å²) in [6, 6.07) is 1.35. The predicted molar refractivity (Wildman–Crippen MR) is 41.6 cm³/mol. The van der Waals surface area contributed by atoms with Crippen molar-refractivity contribution in [2.45, 2.75) is 13.1 Å². The molecule has 0 aliphatic rings. The number of aromatic nitrogens is 2. The lowest BCUT2D eigenvalue weighted by molar-refractivity contribution is 0.365. The van der Waals surface area contributed by atoms with Crippen LogP contribution in [0.4, 0.5) is 4.39 Å². The van der Waals surface area contributed by atoms with Gasteiger partial charge in [0.2, 0.25) is 5.28 Å². The molecule has 0 aromatic carbocycles. The van der Waals surface area contributed by atoms with Gasteiger partial charge in [-0.05, 0) is 18.5 Å². The zero-order chi connectivity index (χ0) is 8.43. The fraction of sp³-hybridized carbons (Fsp3) is 0.333. The lowest BCUT2D eigenvalue weighted by Gasteiger charge is -2.00. The average Bonchev–Trinajstić information content (AvgIpc) is 1.85.